The Morgan fingerprint density at radius 2 is 2.25 bits per heavy atom. The van der Waals surface area contributed by atoms with Gasteiger partial charge in [-0.05, 0) is 0 Å². The van der Waals surface area contributed by atoms with Crippen molar-refractivity contribution in [3.63, 3.8) is 0 Å². The quantitative estimate of drug-likeness (QED) is 0.490. The Balaban J connectivity index is 3.83. The van der Waals surface area contributed by atoms with Gasteiger partial charge in [0.05, 0.1) is 11.3 Å². The molecule has 0 saturated carbocycles. The van der Waals surface area contributed by atoms with Crippen LogP contribution in [0.1, 0.15) is 0 Å². The van der Waals surface area contributed by atoms with Gasteiger partial charge in [-0.2, -0.15) is 0 Å². The zero-order valence-corrected chi connectivity index (χ0v) is 4.84. The Kier molecular flexibility index (Phi) is 2.43. The van der Waals surface area contributed by atoms with Gasteiger partial charge < -0.3 is 9.66 Å². The summed E-state index contributed by atoms with van der Waals surface area (Å²) in [6.07, 6.45) is -1.49. The minimum atomic E-state index is -2.66. The number of amides is 1. The van der Waals surface area contributed by atoms with Crippen LogP contribution >= 0.6 is 0 Å². The van der Waals surface area contributed by atoms with Crippen LogP contribution in [0.3, 0.4) is 0 Å². The second kappa shape index (κ2) is 2.63. The van der Waals surface area contributed by atoms with E-state index < -0.39 is 17.4 Å². The van der Waals surface area contributed by atoms with Gasteiger partial charge in [0, 0.05) is 7.05 Å². The first-order chi connectivity index (χ1) is 3.55. The largest absolute Gasteiger partial charge is 0.755 e. The fraction of sp³-hybridized carbons (Fsp3) is 0.500. The normalized spacial score (nSPS) is 12.8. The number of hydrogen-bond acceptors (Lipinski definition) is 3. The molecule has 5 nitrogen and oxygen atoms in total. The molecule has 0 saturated heterocycles. The smallest absolute Gasteiger partial charge is 0.418 e. The first kappa shape index (κ1) is 7.38. The highest BCUT2D eigenvalue weighted by Crippen LogP contribution is 1.84. The molecule has 1 amide bonds. The standard InChI is InChI=1S/C2H5NO4S/c1-3(2(4)5)8(6)7/h1H3,(H,4,5)(H,6,7)/p-1. The number of nitrogens with zero attached hydrogens (tertiary/aromatic N) is 1. The number of rotatable bonds is 1. The highest BCUT2D eigenvalue weighted by atomic mass is 32.2. The highest BCUT2D eigenvalue weighted by molar-refractivity contribution is 7.77. The lowest BCUT2D eigenvalue weighted by Crippen LogP contribution is -2.26. The molecule has 48 valence electrons. The van der Waals surface area contributed by atoms with E-state index >= 15 is 0 Å². The Morgan fingerprint density at radius 1 is 1.88 bits per heavy atom. The Morgan fingerprint density at radius 3 is 2.25 bits per heavy atom. The van der Waals surface area contributed by atoms with Gasteiger partial charge in [0.15, 0.2) is 0 Å². The molecule has 1 unspecified atom stereocenters. The molecule has 0 spiro atoms. The molecule has 0 fully saturated rings. The molecule has 0 aliphatic carbocycles. The van der Waals surface area contributed by atoms with Gasteiger partial charge in [0.1, 0.15) is 0 Å². The van der Waals surface area contributed by atoms with Gasteiger partial charge in [-0.1, -0.05) is 0 Å². The second-order valence-electron chi connectivity index (χ2n) is 0.997. The predicted molar refractivity (Wildman–Crippen MR) is 24.7 cm³/mol. The summed E-state index contributed by atoms with van der Waals surface area (Å²) in [4.78, 5) is 9.67. The summed E-state index contributed by atoms with van der Waals surface area (Å²) in [7, 11) is 0.936. The first-order valence-electron chi connectivity index (χ1n) is 1.61. The van der Waals surface area contributed by atoms with Crippen LogP contribution < -0.4 is 0 Å². The summed E-state index contributed by atoms with van der Waals surface area (Å²) in [5.74, 6) is 0. The van der Waals surface area contributed by atoms with Gasteiger partial charge >= 0.3 is 6.09 Å². The van der Waals surface area contributed by atoms with Crippen molar-refractivity contribution in [1.82, 2.24) is 4.31 Å². The van der Waals surface area contributed by atoms with E-state index in [1.54, 1.807) is 0 Å². The molecular formula is C2H4NO4S-. The van der Waals surface area contributed by atoms with E-state index in [-0.39, 0.29) is 4.31 Å². The monoisotopic (exact) mass is 138 g/mol. The summed E-state index contributed by atoms with van der Waals surface area (Å²) in [5.41, 5.74) is 0. The van der Waals surface area contributed by atoms with Crippen molar-refractivity contribution < 1.29 is 18.7 Å². The van der Waals surface area contributed by atoms with Crippen molar-refractivity contribution in [3.05, 3.63) is 0 Å². The third-order valence-corrected chi connectivity index (χ3v) is 1.10. The molecule has 0 aliphatic heterocycles. The van der Waals surface area contributed by atoms with E-state index in [9.17, 15) is 13.6 Å². The maximum absolute atomic E-state index is 9.69. The fourth-order valence-corrected chi connectivity index (χ4v) is 0.191. The average Bonchev–Trinajstić information content (AvgIpc) is 1.64. The molecule has 0 heterocycles. The molecule has 0 aliphatic rings. The lowest BCUT2D eigenvalue weighted by atomic mass is 11.1. The van der Waals surface area contributed by atoms with Crippen LogP contribution in [-0.4, -0.2) is 31.3 Å². The number of carbonyl (C=O) groups is 1. The topological polar surface area (TPSA) is 80.7 Å². The lowest BCUT2D eigenvalue weighted by Gasteiger charge is -2.13. The molecule has 1 atom stereocenters. The van der Waals surface area contributed by atoms with Gasteiger partial charge in [-0.3, -0.25) is 4.21 Å². The Labute approximate surface area is 48.3 Å². The molecule has 0 aromatic heterocycles. The molecular weight excluding hydrogens is 134 g/mol. The minimum Gasteiger partial charge on any atom is -0.755 e. The first-order valence-corrected chi connectivity index (χ1v) is 2.65. The van der Waals surface area contributed by atoms with Crippen LogP contribution in [0.15, 0.2) is 0 Å². The van der Waals surface area contributed by atoms with E-state index in [1.807, 2.05) is 0 Å². The van der Waals surface area contributed by atoms with Crippen LogP contribution in [0.2, 0.25) is 0 Å². The molecule has 0 radical (unpaired) electrons. The highest BCUT2D eigenvalue weighted by Gasteiger charge is 2.02. The van der Waals surface area contributed by atoms with E-state index in [1.165, 1.54) is 0 Å². The zero-order valence-electron chi connectivity index (χ0n) is 4.03. The van der Waals surface area contributed by atoms with Crippen molar-refractivity contribution in [2.75, 3.05) is 7.05 Å². The summed E-state index contributed by atoms with van der Waals surface area (Å²) < 4.78 is 19.5. The number of hydrogen-bond donors (Lipinski definition) is 1. The van der Waals surface area contributed by atoms with Crippen LogP contribution in [0.5, 0.6) is 0 Å². The fourth-order valence-electron chi connectivity index (χ4n) is 0.0638. The molecule has 0 bridgehead atoms. The third kappa shape index (κ3) is 1.90. The summed E-state index contributed by atoms with van der Waals surface area (Å²) in [5, 5.41) is 7.89. The van der Waals surface area contributed by atoms with Gasteiger partial charge in [-0.25, -0.2) is 9.10 Å². The summed E-state index contributed by atoms with van der Waals surface area (Å²) in [6, 6.07) is 0. The van der Waals surface area contributed by atoms with Crippen LogP contribution in [-0.2, 0) is 11.3 Å². The molecule has 0 rings (SSSR count). The second-order valence-corrected chi connectivity index (χ2v) is 1.98. The van der Waals surface area contributed by atoms with Gasteiger partial charge in [0.25, 0.3) is 0 Å². The van der Waals surface area contributed by atoms with Crippen LogP contribution in [0.4, 0.5) is 4.79 Å². The molecule has 1 N–H and O–H groups in total. The third-order valence-electron chi connectivity index (χ3n) is 0.493. The summed E-state index contributed by atoms with van der Waals surface area (Å²) >= 11 is -2.66. The maximum atomic E-state index is 9.69. The van der Waals surface area contributed by atoms with E-state index in [4.69, 9.17) is 5.11 Å². The SMILES string of the molecule is CN(C(=O)O)S(=O)[O-]. The van der Waals surface area contributed by atoms with E-state index in [0.29, 0.717) is 0 Å². The minimum absolute atomic E-state index is 0.167. The van der Waals surface area contributed by atoms with E-state index in [2.05, 4.69) is 0 Å². The number of carboxylic acid groups (broad SMARTS) is 1. The van der Waals surface area contributed by atoms with Crippen LogP contribution in [0, 0.1) is 0 Å². The molecule has 8 heavy (non-hydrogen) atoms. The maximum Gasteiger partial charge on any atom is 0.418 e. The molecule has 0 aromatic rings. The van der Waals surface area contributed by atoms with Gasteiger partial charge in [0.2, 0.25) is 0 Å². The van der Waals surface area contributed by atoms with Crippen molar-refractivity contribution >= 4 is 17.4 Å². The van der Waals surface area contributed by atoms with Gasteiger partial charge in [-0.15, -0.1) is 0 Å². The lowest BCUT2D eigenvalue weighted by molar-refractivity contribution is 0.177. The van der Waals surface area contributed by atoms with Crippen molar-refractivity contribution in [2.45, 2.75) is 0 Å². The Bertz CT molecular complexity index is 109. The molecule has 6 heteroatoms. The predicted octanol–water partition coefficient (Wildman–Crippen LogP) is -0.610. The Hall–Kier alpha value is -0.620. The van der Waals surface area contributed by atoms with Crippen molar-refractivity contribution in [2.24, 2.45) is 0 Å². The van der Waals surface area contributed by atoms with E-state index in [0.717, 1.165) is 7.05 Å². The molecule has 0 aromatic carbocycles. The summed E-state index contributed by atoms with van der Waals surface area (Å²) in [6.45, 7) is 0. The van der Waals surface area contributed by atoms with Crippen molar-refractivity contribution in [1.29, 1.82) is 0 Å². The van der Waals surface area contributed by atoms with Crippen LogP contribution in [0.25, 0.3) is 0 Å². The zero-order chi connectivity index (χ0) is 6.73. The average molecular weight is 138 g/mol. The van der Waals surface area contributed by atoms with Crippen molar-refractivity contribution in [3.8, 4) is 0 Å².